The first-order valence-corrected chi connectivity index (χ1v) is 7.30. The average Bonchev–Trinajstić information content (AvgIpc) is 3.01. The Morgan fingerprint density at radius 3 is 2.37 bits per heavy atom. The van der Waals surface area contributed by atoms with Crippen molar-refractivity contribution in [2.75, 3.05) is 0 Å². The molecule has 1 heterocycles. The molecule has 0 bridgehead atoms. The summed E-state index contributed by atoms with van der Waals surface area (Å²) in [4.78, 5) is 0. The van der Waals surface area contributed by atoms with Gasteiger partial charge in [0.25, 0.3) is 0 Å². The van der Waals surface area contributed by atoms with Crippen LogP contribution in [0.3, 0.4) is 0 Å². The average molecular weight is 276 g/mol. The Balaban J connectivity index is 1.95. The van der Waals surface area contributed by atoms with Crippen LogP contribution >= 0.6 is 11.6 Å². The number of hydrogen-bond acceptors (Lipinski definition) is 2. The topological polar surface area (TPSA) is 30.7 Å². The van der Waals surface area contributed by atoms with Crippen LogP contribution in [0.5, 0.6) is 0 Å². The van der Waals surface area contributed by atoms with Crippen molar-refractivity contribution in [3.8, 4) is 0 Å². The van der Waals surface area contributed by atoms with Crippen molar-refractivity contribution in [1.82, 2.24) is 14.8 Å². The first kappa shape index (κ1) is 12.7. The van der Waals surface area contributed by atoms with Crippen LogP contribution in [0.15, 0.2) is 24.3 Å². The number of rotatable bonds is 3. The van der Waals surface area contributed by atoms with Crippen molar-refractivity contribution in [2.45, 2.75) is 44.5 Å². The smallest absolute Gasteiger partial charge is 0.148 e. The minimum absolute atomic E-state index is 0.350. The van der Waals surface area contributed by atoms with E-state index in [1.807, 2.05) is 0 Å². The van der Waals surface area contributed by atoms with Gasteiger partial charge in [0.15, 0.2) is 0 Å². The molecule has 1 aromatic heterocycles. The molecular weight excluding hydrogens is 258 g/mol. The second-order valence-corrected chi connectivity index (χ2v) is 5.71. The van der Waals surface area contributed by atoms with Crippen LogP contribution in [-0.2, 0) is 18.7 Å². The fourth-order valence-corrected chi connectivity index (χ4v) is 3.19. The molecule has 0 aliphatic heterocycles. The van der Waals surface area contributed by atoms with Gasteiger partial charge in [-0.3, -0.25) is 0 Å². The molecule has 1 aromatic carbocycles. The van der Waals surface area contributed by atoms with E-state index < -0.39 is 0 Å². The molecule has 0 unspecified atom stereocenters. The van der Waals surface area contributed by atoms with E-state index in [4.69, 9.17) is 11.6 Å². The van der Waals surface area contributed by atoms with Gasteiger partial charge in [0.2, 0.25) is 0 Å². The van der Waals surface area contributed by atoms with Gasteiger partial charge in [-0.1, -0.05) is 24.3 Å². The number of benzene rings is 1. The molecule has 0 N–H and O–H groups in total. The second kappa shape index (κ2) is 4.97. The number of alkyl halides is 1. The molecular formula is C15H18ClN3. The maximum Gasteiger partial charge on any atom is 0.148 e. The van der Waals surface area contributed by atoms with E-state index in [-0.39, 0.29) is 0 Å². The number of aromatic nitrogens is 3. The Kier molecular flexibility index (Phi) is 3.31. The van der Waals surface area contributed by atoms with Crippen LogP contribution in [0.2, 0.25) is 0 Å². The van der Waals surface area contributed by atoms with Gasteiger partial charge in [0, 0.05) is 12.0 Å². The Bertz CT molecular complexity index is 564. The van der Waals surface area contributed by atoms with Crippen molar-refractivity contribution < 1.29 is 0 Å². The summed E-state index contributed by atoms with van der Waals surface area (Å²) in [5.41, 5.74) is 2.89. The van der Waals surface area contributed by atoms with Gasteiger partial charge in [0.1, 0.15) is 11.6 Å². The van der Waals surface area contributed by atoms with Crippen molar-refractivity contribution in [2.24, 2.45) is 0 Å². The summed E-state index contributed by atoms with van der Waals surface area (Å²) >= 11 is 5.96. The highest BCUT2D eigenvalue weighted by Gasteiger charge is 2.28. The maximum atomic E-state index is 5.96. The minimum atomic E-state index is 0.350. The highest BCUT2D eigenvalue weighted by molar-refractivity contribution is 6.16. The van der Waals surface area contributed by atoms with E-state index in [9.17, 15) is 0 Å². The number of fused-ring (bicyclic) bond motifs is 1. The molecule has 0 spiro atoms. The van der Waals surface area contributed by atoms with Gasteiger partial charge >= 0.3 is 0 Å². The molecule has 0 amide bonds. The van der Waals surface area contributed by atoms with Crippen LogP contribution in [0.25, 0.3) is 0 Å². The van der Waals surface area contributed by atoms with Crippen molar-refractivity contribution in [3.05, 3.63) is 47.0 Å². The summed E-state index contributed by atoms with van der Waals surface area (Å²) < 4.78 is 2.20. The van der Waals surface area contributed by atoms with E-state index in [0.29, 0.717) is 17.8 Å². The van der Waals surface area contributed by atoms with Crippen molar-refractivity contribution >= 4 is 11.6 Å². The quantitative estimate of drug-likeness (QED) is 0.803. The standard InChI is InChI=1S/C15H18ClN3/c1-10(2)19-14(9-16)17-18-15(19)13-7-11-5-3-4-6-12(11)8-13/h3-6,10,13H,7-9H2,1-2H3. The monoisotopic (exact) mass is 275 g/mol. The van der Waals surface area contributed by atoms with E-state index >= 15 is 0 Å². The van der Waals surface area contributed by atoms with E-state index in [1.54, 1.807) is 0 Å². The number of nitrogens with zero attached hydrogens (tertiary/aromatic N) is 3. The summed E-state index contributed by atoms with van der Waals surface area (Å²) in [6, 6.07) is 9.00. The van der Waals surface area contributed by atoms with Gasteiger partial charge in [-0.05, 0) is 37.8 Å². The number of hydrogen-bond donors (Lipinski definition) is 0. The predicted molar refractivity (Wildman–Crippen MR) is 76.6 cm³/mol. The predicted octanol–water partition coefficient (Wildman–Crippen LogP) is 3.48. The van der Waals surface area contributed by atoms with E-state index in [2.05, 4.69) is 52.9 Å². The van der Waals surface area contributed by atoms with E-state index in [1.165, 1.54) is 11.1 Å². The minimum Gasteiger partial charge on any atom is -0.311 e. The zero-order chi connectivity index (χ0) is 13.4. The fourth-order valence-electron chi connectivity index (χ4n) is 3.01. The fraction of sp³-hybridized carbons (Fsp3) is 0.467. The maximum absolute atomic E-state index is 5.96. The third-order valence-corrected chi connectivity index (χ3v) is 4.08. The molecule has 19 heavy (non-hydrogen) atoms. The first-order chi connectivity index (χ1) is 9.20. The lowest BCUT2D eigenvalue weighted by Crippen LogP contribution is -2.13. The van der Waals surface area contributed by atoms with Gasteiger partial charge in [-0.25, -0.2) is 0 Å². The van der Waals surface area contributed by atoms with Gasteiger partial charge in [-0.15, -0.1) is 21.8 Å². The molecule has 0 saturated carbocycles. The lowest BCUT2D eigenvalue weighted by atomic mass is 10.1. The lowest BCUT2D eigenvalue weighted by Gasteiger charge is -2.16. The second-order valence-electron chi connectivity index (χ2n) is 5.45. The zero-order valence-corrected chi connectivity index (χ0v) is 12.1. The van der Waals surface area contributed by atoms with Gasteiger partial charge in [-0.2, -0.15) is 0 Å². The first-order valence-electron chi connectivity index (χ1n) is 6.77. The Morgan fingerprint density at radius 1 is 1.21 bits per heavy atom. The molecule has 0 atom stereocenters. The van der Waals surface area contributed by atoms with Crippen LogP contribution in [-0.4, -0.2) is 14.8 Å². The molecule has 3 rings (SSSR count). The lowest BCUT2D eigenvalue weighted by molar-refractivity contribution is 0.520. The molecule has 100 valence electrons. The summed E-state index contributed by atoms with van der Waals surface area (Å²) in [6.07, 6.45) is 2.12. The molecule has 3 nitrogen and oxygen atoms in total. The largest absolute Gasteiger partial charge is 0.311 e. The molecule has 2 aromatic rings. The molecule has 1 aliphatic rings. The summed E-state index contributed by atoms with van der Waals surface area (Å²) in [6.45, 7) is 4.32. The molecule has 0 fully saturated rings. The van der Waals surface area contributed by atoms with E-state index in [0.717, 1.165) is 24.5 Å². The van der Waals surface area contributed by atoms with Gasteiger partial charge < -0.3 is 4.57 Å². The highest BCUT2D eigenvalue weighted by atomic mass is 35.5. The molecule has 0 saturated heterocycles. The van der Waals surface area contributed by atoms with Crippen LogP contribution in [0.1, 0.15) is 48.6 Å². The Hall–Kier alpha value is -1.35. The van der Waals surface area contributed by atoms with Crippen molar-refractivity contribution in [3.63, 3.8) is 0 Å². The van der Waals surface area contributed by atoms with Crippen molar-refractivity contribution in [1.29, 1.82) is 0 Å². The number of halogens is 1. The molecule has 1 aliphatic carbocycles. The summed E-state index contributed by atoms with van der Waals surface area (Å²) in [5, 5.41) is 8.65. The Labute approximate surface area is 118 Å². The molecule has 4 heteroatoms. The van der Waals surface area contributed by atoms with Crippen LogP contribution in [0.4, 0.5) is 0 Å². The van der Waals surface area contributed by atoms with Crippen LogP contribution in [0, 0.1) is 0 Å². The van der Waals surface area contributed by atoms with Crippen LogP contribution < -0.4 is 0 Å². The zero-order valence-electron chi connectivity index (χ0n) is 11.3. The normalized spacial score (nSPS) is 15.2. The third kappa shape index (κ3) is 2.16. The highest BCUT2D eigenvalue weighted by Crippen LogP contribution is 2.34. The van der Waals surface area contributed by atoms with Gasteiger partial charge in [0.05, 0.1) is 5.88 Å². The summed E-state index contributed by atoms with van der Waals surface area (Å²) in [5.74, 6) is 2.82. The summed E-state index contributed by atoms with van der Waals surface area (Å²) in [7, 11) is 0. The Morgan fingerprint density at radius 2 is 1.84 bits per heavy atom. The molecule has 0 radical (unpaired) electrons. The SMILES string of the molecule is CC(C)n1c(CCl)nnc1C1Cc2ccccc2C1. The third-order valence-electron chi connectivity index (χ3n) is 3.84.